The first-order chi connectivity index (χ1) is 16.1. The highest BCUT2D eigenvalue weighted by molar-refractivity contribution is 7.13. The lowest BCUT2D eigenvalue weighted by molar-refractivity contribution is -0.129. The number of carbonyl (C=O) groups excluding carboxylic acids is 2. The molecule has 1 aliphatic heterocycles. The van der Waals surface area contributed by atoms with Gasteiger partial charge in [0.1, 0.15) is 5.01 Å². The summed E-state index contributed by atoms with van der Waals surface area (Å²) in [6, 6.07) is 9.55. The van der Waals surface area contributed by atoms with E-state index in [2.05, 4.69) is 15.3 Å². The van der Waals surface area contributed by atoms with Crippen LogP contribution >= 0.6 is 11.3 Å². The molecule has 0 saturated carbocycles. The van der Waals surface area contributed by atoms with Crippen LogP contribution in [0.1, 0.15) is 17.7 Å². The van der Waals surface area contributed by atoms with E-state index in [1.807, 2.05) is 35.7 Å². The van der Waals surface area contributed by atoms with Crippen molar-refractivity contribution in [2.45, 2.75) is 19.4 Å². The van der Waals surface area contributed by atoms with E-state index in [-0.39, 0.29) is 24.2 Å². The van der Waals surface area contributed by atoms with Crippen LogP contribution in [0.3, 0.4) is 0 Å². The molecule has 1 atom stereocenters. The fraction of sp³-hybridized carbons (Fsp3) is 0.333. The normalized spacial score (nSPS) is 15.5. The molecule has 1 N–H and O–H groups in total. The molecule has 0 radical (unpaired) electrons. The van der Waals surface area contributed by atoms with Crippen molar-refractivity contribution < 1.29 is 19.1 Å². The Morgan fingerprint density at radius 1 is 1.24 bits per heavy atom. The van der Waals surface area contributed by atoms with E-state index in [9.17, 15) is 9.59 Å². The molecule has 1 unspecified atom stereocenters. The molecule has 172 valence electrons. The summed E-state index contributed by atoms with van der Waals surface area (Å²) in [5, 5.41) is 5.72. The Balaban J connectivity index is 1.27. The zero-order valence-electron chi connectivity index (χ0n) is 18.6. The van der Waals surface area contributed by atoms with Crippen molar-refractivity contribution in [3.05, 3.63) is 59.4 Å². The standard InChI is InChI=1S/C24H26N4O4S/c1-31-20-6-5-16(10-21(20)32-2)7-9-28-14-18(11-22(28)29)23(30)26-13-19-15-33-24(27-19)17-4-3-8-25-12-17/h3-6,8,10,12,15,18H,7,9,11,13-14H2,1-2H3,(H,26,30). The number of rotatable bonds is 9. The number of methoxy groups -OCH3 is 2. The number of thiazole rings is 1. The molecule has 3 aromatic rings. The van der Waals surface area contributed by atoms with Gasteiger partial charge >= 0.3 is 0 Å². The molecule has 0 bridgehead atoms. The van der Waals surface area contributed by atoms with Gasteiger partial charge in [-0.05, 0) is 36.2 Å². The van der Waals surface area contributed by atoms with E-state index in [4.69, 9.17) is 9.47 Å². The van der Waals surface area contributed by atoms with Crippen LogP contribution in [0.15, 0.2) is 48.1 Å². The highest BCUT2D eigenvalue weighted by Gasteiger charge is 2.33. The number of likely N-dealkylation sites (tertiary alicyclic amines) is 1. The topological polar surface area (TPSA) is 93.6 Å². The van der Waals surface area contributed by atoms with Crippen molar-refractivity contribution in [2.24, 2.45) is 5.92 Å². The summed E-state index contributed by atoms with van der Waals surface area (Å²) in [5.74, 6) is 0.868. The lowest BCUT2D eigenvalue weighted by Gasteiger charge is -2.17. The molecule has 1 saturated heterocycles. The van der Waals surface area contributed by atoms with E-state index in [1.165, 1.54) is 11.3 Å². The zero-order valence-corrected chi connectivity index (χ0v) is 19.4. The van der Waals surface area contributed by atoms with Gasteiger partial charge in [0, 0.05) is 42.8 Å². The first-order valence-electron chi connectivity index (χ1n) is 10.7. The third-order valence-electron chi connectivity index (χ3n) is 5.61. The Hall–Kier alpha value is -3.46. The maximum Gasteiger partial charge on any atom is 0.225 e. The van der Waals surface area contributed by atoms with Crippen LogP contribution in [0, 0.1) is 5.92 Å². The molecular formula is C24H26N4O4S. The third-order valence-corrected chi connectivity index (χ3v) is 6.55. The third kappa shape index (κ3) is 5.48. The highest BCUT2D eigenvalue weighted by Crippen LogP contribution is 2.28. The Labute approximate surface area is 196 Å². The van der Waals surface area contributed by atoms with Crippen LogP contribution in [0.2, 0.25) is 0 Å². The average molecular weight is 467 g/mol. The molecule has 0 spiro atoms. The summed E-state index contributed by atoms with van der Waals surface area (Å²) in [6.07, 6.45) is 4.40. The van der Waals surface area contributed by atoms with E-state index < -0.39 is 0 Å². The van der Waals surface area contributed by atoms with Crippen molar-refractivity contribution in [3.63, 3.8) is 0 Å². The molecule has 0 aliphatic carbocycles. The number of nitrogens with one attached hydrogen (secondary N) is 1. The van der Waals surface area contributed by atoms with Crippen LogP contribution in [0.5, 0.6) is 11.5 Å². The second kappa shape index (κ2) is 10.4. The molecular weight excluding hydrogens is 440 g/mol. The van der Waals surface area contributed by atoms with Crippen molar-refractivity contribution in [3.8, 4) is 22.1 Å². The van der Waals surface area contributed by atoms with Crippen molar-refractivity contribution >= 4 is 23.2 Å². The first kappa shape index (κ1) is 22.7. The molecule has 1 aromatic carbocycles. The monoisotopic (exact) mass is 466 g/mol. The SMILES string of the molecule is COc1ccc(CCN2CC(C(=O)NCc3csc(-c4cccnc4)n3)CC2=O)cc1OC. The van der Waals surface area contributed by atoms with Gasteiger partial charge in [0.15, 0.2) is 11.5 Å². The average Bonchev–Trinajstić information content (AvgIpc) is 3.48. The maximum atomic E-state index is 12.7. The number of nitrogens with zero attached hydrogens (tertiary/aromatic N) is 3. The smallest absolute Gasteiger partial charge is 0.225 e. The van der Waals surface area contributed by atoms with Gasteiger partial charge in [-0.2, -0.15) is 0 Å². The molecule has 33 heavy (non-hydrogen) atoms. The van der Waals surface area contributed by atoms with Crippen molar-refractivity contribution in [2.75, 3.05) is 27.3 Å². The number of hydrogen-bond donors (Lipinski definition) is 1. The molecule has 3 heterocycles. The second-order valence-corrected chi connectivity index (χ2v) is 8.64. The zero-order chi connectivity index (χ0) is 23.2. The van der Waals surface area contributed by atoms with Crippen LogP contribution in [0.4, 0.5) is 0 Å². The van der Waals surface area contributed by atoms with Gasteiger partial charge in [0.25, 0.3) is 0 Å². The lowest BCUT2D eigenvalue weighted by Crippen LogP contribution is -2.33. The van der Waals surface area contributed by atoms with Crippen molar-refractivity contribution in [1.82, 2.24) is 20.2 Å². The summed E-state index contributed by atoms with van der Waals surface area (Å²) in [5.41, 5.74) is 2.79. The Morgan fingerprint density at radius 3 is 2.85 bits per heavy atom. The van der Waals surface area contributed by atoms with E-state index >= 15 is 0 Å². The predicted molar refractivity (Wildman–Crippen MR) is 125 cm³/mol. The number of aromatic nitrogens is 2. The highest BCUT2D eigenvalue weighted by atomic mass is 32.1. The minimum atomic E-state index is -0.348. The maximum absolute atomic E-state index is 12.7. The van der Waals surface area contributed by atoms with Gasteiger partial charge in [-0.1, -0.05) is 6.07 Å². The number of ether oxygens (including phenoxy) is 2. The summed E-state index contributed by atoms with van der Waals surface area (Å²) in [4.78, 5) is 35.5. The Kier molecular flexibility index (Phi) is 7.19. The molecule has 2 aromatic heterocycles. The van der Waals surface area contributed by atoms with Gasteiger partial charge in [0.05, 0.1) is 32.4 Å². The molecule has 4 rings (SSSR count). The molecule has 8 nitrogen and oxygen atoms in total. The van der Waals surface area contributed by atoms with Gasteiger partial charge in [-0.15, -0.1) is 11.3 Å². The Bertz CT molecular complexity index is 1120. The van der Waals surface area contributed by atoms with Crippen LogP contribution in [-0.2, 0) is 22.6 Å². The molecule has 1 fully saturated rings. The van der Waals surface area contributed by atoms with E-state index in [0.29, 0.717) is 37.6 Å². The second-order valence-electron chi connectivity index (χ2n) is 7.78. The van der Waals surface area contributed by atoms with E-state index in [0.717, 1.165) is 21.8 Å². The van der Waals surface area contributed by atoms with Crippen molar-refractivity contribution in [1.29, 1.82) is 0 Å². The summed E-state index contributed by atoms with van der Waals surface area (Å²) < 4.78 is 10.6. The van der Waals surface area contributed by atoms with Crippen LogP contribution in [0.25, 0.3) is 10.6 Å². The molecule has 9 heteroatoms. The summed E-state index contributed by atoms with van der Waals surface area (Å²) in [6.45, 7) is 1.32. The Morgan fingerprint density at radius 2 is 2.09 bits per heavy atom. The number of hydrogen-bond acceptors (Lipinski definition) is 7. The number of pyridine rings is 1. The minimum Gasteiger partial charge on any atom is -0.493 e. The van der Waals surface area contributed by atoms with Gasteiger partial charge in [0.2, 0.25) is 11.8 Å². The fourth-order valence-electron chi connectivity index (χ4n) is 3.80. The molecule has 1 aliphatic rings. The van der Waals surface area contributed by atoms with Crippen LogP contribution < -0.4 is 14.8 Å². The number of carbonyl (C=O) groups is 2. The first-order valence-corrected chi connectivity index (χ1v) is 11.6. The molecule has 2 amide bonds. The summed E-state index contributed by atoms with van der Waals surface area (Å²) >= 11 is 1.52. The van der Waals surface area contributed by atoms with Gasteiger partial charge < -0.3 is 19.7 Å². The number of benzene rings is 1. The van der Waals surface area contributed by atoms with Crippen LogP contribution in [-0.4, -0.2) is 54.0 Å². The predicted octanol–water partition coefficient (Wildman–Crippen LogP) is 2.93. The lowest BCUT2D eigenvalue weighted by atomic mass is 10.1. The fourth-order valence-corrected chi connectivity index (χ4v) is 4.61. The van der Waals surface area contributed by atoms with Gasteiger partial charge in [-0.3, -0.25) is 14.6 Å². The van der Waals surface area contributed by atoms with Gasteiger partial charge in [-0.25, -0.2) is 4.98 Å². The summed E-state index contributed by atoms with van der Waals surface area (Å²) in [7, 11) is 3.19. The quantitative estimate of drug-likeness (QED) is 0.521. The van der Waals surface area contributed by atoms with E-state index in [1.54, 1.807) is 31.5 Å². The minimum absolute atomic E-state index is 0.00292. The largest absolute Gasteiger partial charge is 0.493 e. The number of amides is 2.